The van der Waals surface area contributed by atoms with Crippen molar-refractivity contribution in [3.05, 3.63) is 101 Å². The summed E-state index contributed by atoms with van der Waals surface area (Å²) in [6, 6.07) is -12.5. The summed E-state index contributed by atoms with van der Waals surface area (Å²) in [6.45, 7) is 1.19. The molecule has 0 spiro atoms. The van der Waals surface area contributed by atoms with Gasteiger partial charge >= 0.3 is 29.8 Å². The summed E-state index contributed by atoms with van der Waals surface area (Å²) < 4.78 is 41.2. The van der Waals surface area contributed by atoms with Crippen molar-refractivity contribution in [2.45, 2.75) is 157 Å². The Morgan fingerprint density at radius 3 is 1.62 bits per heavy atom. The van der Waals surface area contributed by atoms with Gasteiger partial charge in [0.2, 0.25) is 65.0 Å². The van der Waals surface area contributed by atoms with Crippen LogP contribution in [0.25, 0.3) is 21.8 Å². The van der Waals surface area contributed by atoms with Gasteiger partial charge in [0.1, 0.15) is 83.9 Å². The molecule has 586 valence electrons. The molecule has 5 aromatic rings. The Morgan fingerprint density at radius 2 is 1.10 bits per heavy atom. The van der Waals surface area contributed by atoms with E-state index in [1.165, 1.54) is 24.5 Å². The number of aliphatic carboxylic acids is 4. The van der Waals surface area contributed by atoms with Gasteiger partial charge in [0.15, 0.2) is 12.2 Å². The zero-order valence-corrected chi connectivity index (χ0v) is 57.9. The molecule has 2 saturated heterocycles. The number of primary amides is 1. The standard InChI is InChI=1S/C67H78F2N14O26/c1-4-5-44-55(109-44)66(106)79-43(25-84)61(101)82-51-27(3)108-67(107)42(16-30-23-72-37-13-9-32(69)18-35(30)37)78-62(102)50(26(2)14-46(87)88)81-65(105)53(54(95)56(70)96)80-45(86)24-73-57(97)39(19-47(89)90)77-64(104)52(28-6-10-33(85)11-7-28)83-60(100)41(21-49(93)94)75-59(99)40(20-48(91)92)74-58(98)38(76-63(51)103)15-29-22-71-36-12-8-31(68)17-34(29)36/h6-13,17-18,22-23,26-27,38-44,50-55,71-72,84-85,95H,4-5,14-16,19-21,24-25H2,1-3H3,(H2,70,96)(H,73,97)(H,74,98)(H,75,99)(H,76,103)(H,77,104)(H,78,102)(H,79,106)(H,80,86)(H,81,105)(H,82,101)(H,83,100)(H,87,88)(H,89,90)(H,91,92)(H,93,94)/t26-,27-,38-,39+,40+,41+,42+,43+,44-,50+,51+,52-,53+,54+,55+/m1/s1. The van der Waals surface area contributed by atoms with Crippen LogP contribution in [0.4, 0.5) is 8.78 Å². The number of fused-ring (bicyclic) bond motifs is 2. The molecular formula is C67H78F2N14O26. The van der Waals surface area contributed by atoms with Gasteiger partial charge in [-0.05, 0) is 84.5 Å². The number of rotatable bonds is 23. The zero-order chi connectivity index (χ0) is 80.4. The number of nitrogens with two attached hydrogens (primary N) is 1. The lowest BCUT2D eigenvalue weighted by molar-refractivity contribution is -0.156. The minimum Gasteiger partial charge on any atom is -0.508 e. The number of aliphatic hydroxyl groups is 2. The van der Waals surface area contributed by atoms with Crippen molar-refractivity contribution in [3.63, 3.8) is 0 Å². The third-order valence-corrected chi connectivity index (χ3v) is 17.2. The smallest absolute Gasteiger partial charge is 0.329 e. The Morgan fingerprint density at radius 1 is 0.606 bits per heavy atom. The highest BCUT2D eigenvalue weighted by molar-refractivity contribution is 6.02. The van der Waals surface area contributed by atoms with Crippen LogP contribution in [0, 0.1) is 17.6 Å². The maximum atomic E-state index is 15.3. The first-order chi connectivity index (χ1) is 51.4. The van der Waals surface area contributed by atoms with Gasteiger partial charge in [-0.25, -0.2) is 13.6 Å². The number of carbonyl (C=O) groups is 17. The molecule has 109 heavy (non-hydrogen) atoms. The number of hydrogen-bond acceptors (Lipinski definition) is 22. The molecule has 0 saturated carbocycles. The normalized spacial score (nSPS) is 24.2. The number of cyclic esters (lactones) is 1. The maximum Gasteiger partial charge on any atom is 0.329 e. The molecule has 40 nitrogen and oxygen atoms in total. The van der Waals surface area contributed by atoms with Gasteiger partial charge in [-0.2, -0.15) is 0 Å². The summed E-state index contributed by atoms with van der Waals surface area (Å²) in [6.07, 6.45) is -10.1. The van der Waals surface area contributed by atoms with Gasteiger partial charge in [-0.15, -0.1) is 0 Å². The first-order valence-electron chi connectivity index (χ1n) is 33.4. The van der Waals surface area contributed by atoms with E-state index in [1.807, 2.05) is 21.3 Å². The number of epoxide rings is 1. The van der Waals surface area contributed by atoms with E-state index in [4.69, 9.17) is 15.2 Å². The van der Waals surface area contributed by atoms with Crippen molar-refractivity contribution < 1.29 is 136 Å². The third-order valence-electron chi connectivity index (χ3n) is 17.2. The van der Waals surface area contributed by atoms with E-state index in [0.29, 0.717) is 12.8 Å². The number of amides is 12. The SMILES string of the molecule is CCC[C@H]1O[C@@H]1C(=O)N[C@@H](CO)C(=O)N[C@@H]1C(=O)N[C@H](Cc2c[nH]c3ccc(F)cc23)C(=O)N[C@@H](CC(=O)O)C(=O)N[C@@H](CC(=O)O)C(=O)N[C@H](c2ccc(O)cc2)C(=O)N[C@@H](CC(=O)O)C(=O)NCC(=O)N[C@@H]([C@H](O)C(N)=O)C(=O)N[C@@H]([C@H](C)CC(=O)O)C(=O)N[C@@H](Cc2c[nH]c3ccc(F)cc23)C(=O)O[C@@H]1C. The number of carboxylic acids is 4. The van der Waals surface area contributed by atoms with E-state index in [9.17, 15) is 107 Å². The number of carboxylic acid groups (broad SMARTS) is 4. The van der Waals surface area contributed by atoms with Crippen molar-refractivity contribution in [2.24, 2.45) is 11.7 Å². The second kappa shape index (κ2) is 37.5. The summed E-state index contributed by atoms with van der Waals surface area (Å²) >= 11 is 0. The summed E-state index contributed by atoms with van der Waals surface area (Å²) in [7, 11) is 0. The summed E-state index contributed by atoms with van der Waals surface area (Å²) in [5.41, 5.74) is 5.41. The fourth-order valence-corrected chi connectivity index (χ4v) is 11.5. The first-order valence-corrected chi connectivity index (χ1v) is 33.4. The van der Waals surface area contributed by atoms with Crippen LogP contribution in [-0.4, -0.2) is 238 Å². The topological polar surface area (TPSA) is 643 Å². The minimum atomic E-state index is -2.77. The largest absolute Gasteiger partial charge is 0.508 e. The molecule has 22 N–H and O–H groups in total. The van der Waals surface area contributed by atoms with Crippen LogP contribution in [0.2, 0.25) is 0 Å². The average molecular weight is 1530 g/mol. The first kappa shape index (κ1) is 83.5. The molecule has 12 amide bonds. The number of H-pyrrole nitrogens is 2. The number of esters is 1. The predicted octanol–water partition coefficient (Wildman–Crippen LogP) is -5.36. The third kappa shape index (κ3) is 23.1. The number of carbonyl (C=O) groups excluding carboxylic acids is 13. The fraction of sp³-hybridized carbons (Fsp3) is 0.418. The van der Waals surface area contributed by atoms with E-state index in [1.54, 1.807) is 6.92 Å². The van der Waals surface area contributed by atoms with Crippen molar-refractivity contribution in [3.8, 4) is 5.75 Å². The maximum absolute atomic E-state index is 15.3. The number of phenolic OH excluding ortho intramolecular Hbond substituents is 1. The number of nitrogens with one attached hydrogen (secondary N) is 13. The number of aromatic nitrogens is 2. The molecule has 2 aliphatic heterocycles. The highest BCUT2D eigenvalue weighted by Crippen LogP contribution is 2.28. The number of phenols is 1. The number of aromatic amines is 2. The van der Waals surface area contributed by atoms with Gasteiger partial charge in [-0.3, -0.25) is 76.7 Å². The van der Waals surface area contributed by atoms with Gasteiger partial charge in [0, 0.05) is 47.0 Å². The van der Waals surface area contributed by atoms with E-state index in [2.05, 4.69) is 47.2 Å². The number of hydrogen-bond donors (Lipinski definition) is 21. The molecular weight excluding hydrogens is 1450 g/mol. The summed E-state index contributed by atoms with van der Waals surface area (Å²) in [4.78, 5) is 241. The Labute approximate surface area is 613 Å². The molecule has 42 heteroatoms. The van der Waals surface area contributed by atoms with E-state index >= 15 is 18.8 Å². The fourth-order valence-electron chi connectivity index (χ4n) is 11.5. The number of aromatic hydroxyl groups is 1. The van der Waals surface area contributed by atoms with E-state index in [-0.39, 0.29) is 38.5 Å². The van der Waals surface area contributed by atoms with Gasteiger partial charge in [0.05, 0.1) is 44.9 Å². The van der Waals surface area contributed by atoms with Gasteiger partial charge in [0.25, 0.3) is 5.91 Å². The van der Waals surface area contributed by atoms with Crippen LogP contribution < -0.4 is 64.2 Å². The zero-order valence-electron chi connectivity index (χ0n) is 57.9. The lowest BCUT2D eigenvalue weighted by atomic mass is 9.95. The number of ether oxygens (including phenoxy) is 2. The number of halogens is 2. The molecule has 2 aromatic heterocycles. The highest BCUT2D eigenvalue weighted by atomic mass is 19.1. The van der Waals surface area contributed by atoms with Crippen LogP contribution in [-0.2, 0) is 104 Å². The molecule has 15 atom stereocenters. The van der Waals surface area contributed by atoms with Crippen LogP contribution in [0.15, 0.2) is 73.1 Å². The Bertz CT molecular complexity index is 4340. The monoisotopic (exact) mass is 1530 g/mol. The van der Waals surface area contributed by atoms with Crippen LogP contribution in [0.1, 0.15) is 82.0 Å². The Balaban J connectivity index is 1.39. The van der Waals surface area contributed by atoms with E-state index < -0.39 is 261 Å². The lowest BCUT2D eigenvalue weighted by Crippen LogP contribution is -2.63. The molecule has 0 bridgehead atoms. The molecule has 4 heterocycles. The van der Waals surface area contributed by atoms with E-state index in [0.717, 1.165) is 62.4 Å². The second-order valence-electron chi connectivity index (χ2n) is 25.5. The summed E-state index contributed by atoms with van der Waals surface area (Å²) in [5, 5.41) is 95.0. The van der Waals surface area contributed by atoms with Crippen molar-refractivity contribution in [1.82, 2.24) is 68.5 Å². The van der Waals surface area contributed by atoms with Crippen LogP contribution in [0.3, 0.4) is 0 Å². The molecule has 0 unspecified atom stereocenters. The molecule has 7 rings (SSSR count). The predicted molar refractivity (Wildman–Crippen MR) is 363 cm³/mol. The highest BCUT2D eigenvalue weighted by Gasteiger charge is 2.46. The van der Waals surface area contributed by atoms with Crippen molar-refractivity contribution in [1.29, 1.82) is 0 Å². The molecule has 2 aliphatic rings. The second-order valence-corrected chi connectivity index (χ2v) is 25.5. The van der Waals surface area contributed by atoms with Gasteiger partial charge in [-0.1, -0.05) is 32.4 Å². The van der Waals surface area contributed by atoms with Crippen molar-refractivity contribution in [2.75, 3.05) is 13.2 Å². The minimum absolute atomic E-state index is 0.00260. The van der Waals surface area contributed by atoms with Crippen LogP contribution in [0.5, 0.6) is 5.75 Å². The molecule has 3 aromatic carbocycles. The van der Waals surface area contributed by atoms with Crippen molar-refractivity contribution >= 4 is 123 Å². The molecule has 2 fully saturated rings. The Kier molecular flexibility index (Phi) is 28.7. The van der Waals surface area contributed by atoms with Crippen LogP contribution >= 0.6 is 0 Å². The lowest BCUT2D eigenvalue weighted by Gasteiger charge is -2.31. The number of aliphatic hydroxyl groups excluding tert-OH is 2. The Hall–Kier alpha value is -12.7. The summed E-state index contributed by atoms with van der Waals surface area (Å²) in [5.74, 6) is -31.0. The average Bonchev–Trinajstić information content (AvgIpc) is 1.76. The molecule has 0 radical (unpaired) electrons. The molecule has 0 aliphatic carbocycles. The quantitative estimate of drug-likeness (QED) is 0.0214. The number of benzene rings is 3. The van der Waals surface area contributed by atoms with Gasteiger partial charge < -0.3 is 119 Å².